The lowest BCUT2D eigenvalue weighted by molar-refractivity contribution is -0.384. The molecule has 0 saturated heterocycles. The van der Waals surface area contributed by atoms with E-state index < -0.39 is 34.5 Å². The van der Waals surface area contributed by atoms with Gasteiger partial charge in [0.2, 0.25) is 5.91 Å². The van der Waals surface area contributed by atoms with E-state index in [2.05, 4.69) is 0 Å². The number of hydrogen-bond donors (Lipinski definition) is 0. The highest BCUT2D eigenvalue weighted by molar-refractivity contribution is 5.98. The molecule has 35 heavy (non-hydrogen) atoms. The van der Waals surface area contributed by atoms with Crippen LogP contribution in [0.2, 0.25) is 0 Å². The van der Waals surface area contributed by atoms with Crippen LogP contribution in [-0.2, 0) is 25.5 Å². The number of esters is 1. The molecule has 0 radical (unpaired) electrons. The average molecular weight is 483 g/mol. The van der Waals surface area contributed by atoms with Crippen LogP contribution < -0.4 is 0 Å². The topological polar surface area (TPSA) is 116 Å². The summed E-state index contributed by atoms with van der Waals surface area (Å²) in [6.07, 6.45) is 1.71. The number of hydrogen-bond acceptors (Lipinski definition) is 7. The number of carbonyl (C=O) groups is 3. The highest BCUT2D eigenvalue weighted by Crippen LogP contribution is 2.29. The quantitative estimate of drug-likeness (QED) is 0.305. The third-order valence-electron chi connectivity index (χ3n) is 5.52. The molecule has 2 aromatic carbocycles. The number of nitro groups is 1. The van der Waals surface area contributed by atoms with Gasteiger partial charge in [0, 0.05) is 12.1 Å². The van der Waals surface area contributed by atoms with E-state index in [9.17, 15) is 24.5 Å². The number of nitrogens with zero attached hydrogens (tertiary/aromatic N) is 2. The second-order valence-corrected chi connectivity index (χ2v) is 9.50. The summed E-state index contributed by atoms with van der Waals surface area (Å²) >= 11 is 0. The van der Waals surface area contributed by atoms with E-state index in [1.807, 2.05) is 0 Å². The molecule has 186 valence electrons. The molecule has 1 fully saturated rings. The molecule has 1 atom stereocenters. The number of rotatable bonds is 7. The Kier molecular flexibility index (Phi) is 8.22. The lowest BCUT2D eigenvalue weighted by Gasteiger charge is -2.32. The van der Waals surface area contributed by atoms with Crippen LogP contribution in [0.1, 0.15) is 63.6 Å². The van der Waals surface area contributed by atoms with E-state index in [4.69, 9.17) is 9.47 Å². The van der Waals surface area contributed by atoms with Gasteiger partial charge >= 0.3 is 12.1 Å². The highest BCUT2D eigenvalue weighted by Gasteiger charge is 2.40. The molecule has 1 aliphatic rings. The van der Waals surface area contributed by atoms with Gasteiger partial charge in [-0.25, -0.2) is 14.5 Å². The first-order valence-electron chi connectivity index (χ1n) is 11.6. The van der Waals surface area contributed by atoms with Crippen LogP contribution in [-0.4, -0.2) is 39.5 Å². The lowest BCUT2D eigenvalue weighted by Crippen LogP contribution is -2.47. The largest absolute Gasteiger partial charge is 0.461 e. The maximum atomic E-state index is 13.5. The summed E-state index contributed by atoms with van der Waals surface area (Å²) in [6.45, 7) is 4.97. The zero-order valence-electron chi connectivity index (χ0n) is 20.1. The van der Waals surface area contributed by atoms with Crippen molar-refractivity contribution < 1.29 is 28.8 Å². The van der Waals surface area contributed by atoms with E-state index >= 15 is 0 Å². The summed E-state index contributed by atoms with van der Waals surface area (Å²) in [7, 11) is 0. The second-order valence-electron chi connectivity index (χ2n) is 9.50. The first-order chi connectivity index (χ1) is 16.5. The zero-order valence-corrected chi connectivity index (χ0v) is 20.1. The Morgan fingerprint density at radius 3 is 2.31 bits per heavy atom. The van der Waals surface area contributed by atoms with Crippen LogP contribution in [0.4, 0.5) is 10.5 Å². The Hall–Kier alpha value is -3.75. The monoisotopic (exact) mass is 482 g/mol. The fraction of sp³-hybridized carbons (Fsp3) is 0.423. The Balaban J connectivity index is 2.00. The third-order valence-corrected chi connectivity index (χ3v) is 5.52. The highest BCUT2D eigenvalue weighted by atomic mass is 16.6. The Morgan fingerprint density at radius 2 is 1.71 bits per heavy atom. The van der Waals surface area contributed by atoms with Crippen LogP contribution in [0.5, 0.6) is 0 Å². The molecule has 0 unspecified atom stereocenters. The predicted octanol–water partition coefficient (Wildman–Crippen LogP) is 5.13. The molecule has 0 aromatic heterocycles. The van der Waals surface area contributed by atoms with Gasteiger partial charge in [-0.15, -0.1) is 0 Å². The van der Waals surface area contributed by atoms with E-state index in [1.54, 1.807) is 57.2 Å². The maximum absolute atomic E-state index is 13.5. The van der Waals surface area contributed by atoms with Crippen molar-refractivity contribution in [2.45, 2.75) is 70.6 Å². The van der Waals surface area contributed by atoms with Crippen LogP contribution in [0.3, 0.4) is 0 Å². The Bertz CT molecular complexity index is 1070. The van der Waals surface area contributed by atoms with Crippen molar-refractivity contribution in [1.29, 1.82) is 0 Å². The van der Waals surface area contributed by atoms with Gasteiger partial charge in [-0.3, -0.25) is 14.9 Å². The standard InChI is InChI=1S/C26H30N2O7/c1-26(2,3)35-25(31)27(22(29)17-18-10-9-13-20(16-18)28(32)33)23(19-11-5-4-6-12-19)24(30)34-21-14-7-8-15-21/h4-6,9-13,16,21,23H,7-8,14-15,17H2,1-3H3/t23-/m0/s1. The Labute approximate surface area is 204 Å². The first kappa shape index (κ1) is 25.9. The summed E-state index contributed by atoms with van der Waals surface area (Å²) in [6, 6.07) is 12.6. The van der Waals surface area contributed by atoms with Crippen molar-refractivity contribution in [3.05, 3.63) is 75.8 Å². The molecule has 1 aliphatic carbocycles. The number of ether oxygens (including phenoxy) is 2. The van der Waals surface area contributed by atoms with Crippen LogP contribution in [0.15, 0.2) is 54.6 Å². The van der Waals surface area contributed by atoms with E-state index in [1.165, 1.54) is 18.2 Å². The van der Waals surface area contributed by atoms with E-state index in [0.29, 0.717) is 11.1 Å². The molecule has 3 rings (SSSR count). The van der Waals surface area contributed by atoms with Gasteiger partial charge in [0.05, 0.1) is 11.3 Å². The van der Waals surface area contributed by atoms with Crippen molar-refractivity contribution in [3.8, 4) is 0 Å². The number of imide groups is 1. The number of benzene rings is 2. The minimum atomic E-state index is -1.36. The molecule has 2 amide bonds. The van der Waals surface area contributed by atoms with E-state index in [-0.39, 0.29) is 18.2 Å². The third kappa shape index (κ3) is 7.11. The van der Waals surface area contributed by atoms with Crippen molar-refractivity contribution in [2.75, 3.05) is 0 Å². The van der Waals surface area contributed by atoms with Gasteiger partial charge in [-0.1, -0.05) is 42.5 Å². The van der Waals surface area contributed by atoms with Crippen molar-refractivity contribution in [2.24, 2.45) is 0 Å². The SMILES string of the molecule is CC(C)(C)OC(=O)N(C(=O)Cc1cccc([N+](=O)[O-])c1)[C@H](C(=O)OC1CCCC1)c1ccccc1. The van der Waals surface area contributed by atoms with Crippen LogP contribution in [0, 0.1) is 10.1 Å². The van der Waals surface area contributed by atoms with Crippen molar-refractivity contribution >= 4 is 23.7 Å². The number of nitro benzene ring substituents is 1. The van der Waals surface area contributed by atoms with Crippen LogP contribution >= 0.6 is 0 Å². The van der Waals surface area contributed by atoms with Gasteiger partial charge in [0.15, 0.2) is 6.04 Å². The zero-order chi connectivity index (χ0) is 25.6. The molecule has 0 spiro atoms. The maximum Gasteiger partial charge on any atom is 0.418 e. The molecular formula is C26H30N2O7. The molecule has 0 N–H and O–H groups in total. The summed E-state index contributed by atoms with van der Waals surface area (Å²) in [4.78, 5) is 51.6. The smallest absolute Gasteiger partial charge is 0.418 e. The number of non-ortho nitro benzene ring substituents is 1. The average Bonchev–Trinajstić information content (AvgIpc) is 3.29. The fourth-order valence-corrected chi connectivity index (χ4v) is 3.96. The molecule has 9 nitrogen and oxygen atoms in total. The van der Waals surface area contributed by atoms with E-state index in [0.717, 1.165) is 30.6 Å². The van der Waals surface area contributed by atoms with Crippen molar-refractivity contribution in [1.82, 2.24) is 4.90 Å². The molecule has 0 heterocycles. The summed E-state index contributed by atoms with van der Waals surface area (Å²) < 4.78 is 11.2. The predicted molar refractivity (Wildman–Crippen MR) is 127 cm³/mol. The molecule has 0 aliphatic heterocycles. The van der Waals surface area contributed by atoms with Gasteiger partial charge in [0.25, 0.3) is 5.69 Å². The fourth-order valence-electron chi connectivity index (χ4n) is 3.96. The number of amides is 2. The molecule has 2 aromatic rings. The van der Waals surface area contributed by atoms with Crippen LogP contribution in [0.25, 0.3) is 0 Å². The van der Waals surface area contributed by atoms with Gasteiger partial charge in [-0.05, 0) is 57.6 Å². The Morgan fingerprint density at radius 1 is 1.06 bits per heavy atom. The van der Waals surface area contributed by atoms with Crippen molar-refractivity contribution in [3.63, 3.8) is 0 Å². The normalized spacial score (nSPS) is 14.7. The summed E-state index contributed by atoms with van der Waals surface area (Å²) in [5.41, 5.74) is -0.389. The van der Waals surface area contributed by atoms with Gasteiger partial charge < -0.3 is 9.47 Å². The minimum Gasteiger partial charge on any atom is -0.461 e. The summed E-state index contributed by atoms with van der Waals surface area (Å²) in [5, 5.41) is 11.2. The molecule has 9 heteroatoms. The lowest BCUT2D eigenvalue weighted by atomic mass is 10.0. The first-order valence-corrected chi connectivity index (χ1v) is 11.6. The number of carbonyl (C=O) groups excluding carboxylic acids is 3. The molecular weight excluding hydrogens is 452 g/mol. The van der Waals surface area contributed by atoms with Gasteiger partial charge in [0.1, 0.15) is 11.7 Å². The molecule has 1 saturated carbocycles. The van der Waals surface area contributed by atoms with Gasteiger partial charge in [-0.2, -0.15) is 0 Å². The second kappa shape index (κ2) is 11.1. The minimum absolute atomic E-state index is 0.181. The molecule has 0 bridgehead atoms. The summed E-state index contributed by atoms with van der Waals surface area (Å²) in [5.74, 6) is -1.46.